The maximum Gasteiger partial charge on any atom is 0.0175 e. The van der Waals surface area contributed by atoms with Crippen LogP contribution in [0.1, 0.15) is 13.3 Å². The predicted molar refractivity (Wildman–Crippen MR) is 44.7 cm³/mol. The van der Waals surface area contributed by atoms with Crippen molar-refractivity contribution in [3.05, 3.63) is 35.5 Å². The van der Waals surface area contributed by atoms with Gasteiger partial charge in [0.1, 0.15) is 0 Å². The van der Waals surface area contributed by atoms with Gasteiger partial charge in [-0.2, -0.15) is 0 Å². The molecule has 0 heterocycles. The third-order valence-electron chi connectivity index (χ3n) is 1.62. The van der Waals surface area contributed by atoms with Crippen molar-refractivity contribution >= 4 is 0 Å². The Bertz CT molecular complexity index is 197. The standard InChI is InChI=1S/C9H13N/c1-8-3-2-4-9(7-10)6-5-8/h3-6H,2,7,10H2,1H3. The summed E-state index contributed by atoms with van der Waals surface area (Å²) >= 11 is 0. The summed E-state index contributed by atoms with van der Waals surface area (Å²) in [4.78, 5) is 0. The fourth-order valence-electron chi connectivity index (χ4n) is 0.922. The molecule has 1 aliphatic carbocycles. The van der Waals surface area contributed by atoms with Gasteiger partial charge in [0.2, 0.25) is 0 Å². The number of nitrogens with two attached hydrogens (primary N) is 1. The molecular formula is C9H13N. The van der Waals surface area contributed by atoms with E-state index < -0.39 is 0 Å². The van der Waals surface area contributed by atoms with E-state index in [1.807, 2.05) is 0 Å². The van der Waals surface area contributed by atoms with Crippen LogP contribution in [0.15, 0.2) is 35.5 Å². The second-order valence-corrected chi connectivity index (χ2v) is 2.50. The first-order valence-electron chi connectivity index (χ1n) is 3.57. The molecule has 1 rings (SSSR count). The van der Waals surface area contributed by atoms with E-state index in [1.54, 1.807) is 0 Å². The normalized spacial score (nSPS) is 17.8. The highest BCUT2D eigenvalue weighted by Gasteiger charge is 1.91. The highest BCUT2D eigenvalue weighted by Crippen LogP contribution is 2.08. The third kappa shape index (κ3) is 1.85. The number of rotatable bonds is 1. The fraction of sp³-hybridized carbons (Fsp3) is 0.333. The molecule has 1 heteroatoms. The second-order valence-electron chi connectivity index (χ2n) is 2.50. The highest BCUT2D eigenvalue weighted by atomic mass is 14.5. The SMILES string of the molecule is CC1=CCC=C(CN)C=C1. The minimum atomic E-state index is 0.650. The molecule has 0 fully saturated rings. The van der Waals surface area contributed by atoms with Gasteiger partial charge in [0.15, 0.2) is 0 Å². The van der Waals surface area contributed by atoms with Crippen molar-refractivity contribution in [3.8, 4) is 0 Å². The van der Waals surface area contributed by atoms with Crippen molar-refractivity contribution in [2.24, 2.45) is 5.73 Å². The van der Waals surface area contributed by atoms with Gasteiger partial charge in [-0.25, -0.2) is 0 Å². The molecule has 0 aromatic heterocycles. The first-order chi connectivity index (χ1) is 4.83. The van der Waals surface area contributed by atoms with Crippen molar-refractivity contribution in [1.82, 2.24) is 0 Å². The molecule has 0 spiro atoms. The topological polar surface area (TPSA) is 26.0 Å². The minimum absolute atomic E-state index is 0.650. The molecule has 10 heavy (non-hydrogen) atoms. The molecule has 0 aromatic rings. The van der Waals surface area contributed by atoms with Crippen LogP contribution in [-0.2, 0) is 0 Å². The van der Waals surface area contributed by atoms with Gasteiger partial charge in [-0.05, 0) is 18.9 Å². The van der Waals surface area contributed by atoms with Crippen molar-refractivity contribution in [3.63, 3.8) is 0 Å². The largest absolute Gasteiger partial charge is 0.327 e. The molecule has 0 aromatic carbocycles. The van der Waals surface area contributed by atoms with Crippen LogP contribution in [0.2, 0.25) is 0 Å². The molecule has 0 atom stereocenters. The van der Waals surface area contributed by atoms with Crippen molar-refractivity contribution < 1.29 is 0 Å². The number of allylic oxidation sites excluding steroid dienone is 4. The van der Waals surface area contributed by atoms with Gasteiger partial charge in [0, 0.05) is 6.54 Å². The van der Waals surface area contributed by atoms with Crippen LogP contribution in [0.25, 0.3) is 0 Å². The fourth-order valence-corrected chi connectivity index (χ4v) is 0.922. The molecule has 0 aliphatic heterocycles. The van der Waals surface area contributed by atoms with Crippen LogP contribution in [0, 0.1) is 0 Å². The zero-order valence-corrected chi connectivity index (χ0v) is 6.30. The molecule has 0 unspecified atom stereocenters. The number of hydrogen-bond acceptors (Lipinski definition) is 1. The van der Waals surface area contributed by atoms with Crippen molar-refractivity contribution in [2.45, 2.75) is 13.3 Å². The van der Waals surface area contributed by atoms with Crippen LogP contribution < -0.4 is 5.73 Å². The van der Waals surface area contributed by atoms with E-state index in [0.29, 0.717) is 6.54 Å². The van der Waals surface area contributed by atoms with Crippen LogP contribution in [0.3, 0.4) is 0 Å². The Morgan fingerprint density at radius 2 is 2.20 bits per heavy atom. The van der Waals surface area contributed by atoms with Gasteiger partial charge in [0.25, 0.3) is 0 Å². The highest BCUT2D eigenvalue weighted by molar-refractivity contribution is 5.31. The van der Waals surface area contributed by atoms with E-state index in [1.165, 1.54) is 11.1 Å². The van der Waals surface area contributed by atoms with Gasteiger partial charge in [-0.1, -0.05) is 29.9 Å². The maximum absolute atomic E-state index is 5.48. The van der Waals surface area contributed by atoms with E-state index >= 15 is 0 Å². The van der Waals surface area contributed by atoms with Crippen LogP contribution in [0.5, 0.6) is 0 Å². The lowest BCUT2D eigenvalue weighted by Gasteiger charge is -1.91. The van der Waals surface area contributed by atoms with E-state index in [4.69, 9.17) is 5.73 Å². The summed E-state index contributed by atoms with van der Waals surface area (Å²) < 4.78 is 0. The summed E-state index contributed by atoms with van der Waals surface area (Å²) in [5.74, 6) is 0. The van der Waals surface area contributed by atoms with E-state index in [0.717, 1.165) is 6.42 Å². The maximum atomic E-state index is 5.48. The Balaban J connectivity index is 2.69. The molecule has 0 saturated heterocycles. The molecule has 0 radical (unpaired) electrons. The molecule has 1 nitrogen and oxygen atoms in total. The molecule has 54 valence electrons. The Kier molecular flexibility index (Phi) is 2.46. The summed E-state index contributed by atoms with van der Waals surface area (Å²) in [6.07, 6.45) is 9.56. The summed E-state index contributed by atoms with van der Waals surface area (Å²) in [5.41, 5.74) is 8.02. The second kappa shape index (κ2) is 3.37. The zero-order chi connectivity index (χ0) is 7.40. The summed E-state index contributed by atoms with van der Waals surface area (Å²) in [6, 6.07) is 0. The van der Waals surface area contributed by atoms with Crippen molar-refractivity contribution in [1.29, 1.82) is 0 Å². The molecule has 0 bridgehead atoms. The summed E-state index contributed by atoms with van der Waals surface area (Å²) in [5, 5.41) is 0. The van der Waals surface area contributed by atoms with Crippen molar-refractivity contribution in [2.75, 3.05) is 6.54 Å². The Morgan fingerprint density at radius 1 is 1.40 bits per heavy atom. The first-order valence-corrected chi connectivity index (χ1v) is 3.57. The Morgan fingerprint density at radius 3 is 2.90 bits per heavy atom. The van der Waals surface area contributed by atoms with Gasteiger partial charge in [0.05, 0.1) is 0 Å². The van der Waals surface area contributed by atoms with Crippen LogP contribution in [-0.4, -0.2) is 6.54 Å². The smallest absolute Gasteiger partial charge is 0.0175 e. The average molecular weight is 135 g/mol. The van der Waals surface area contributed by atoms with Gasteiger partial charge in [-0.3, -0.25) is 0 Å². The van der Waals surface area contributed by atoms with E-state index in [9.17, 15) is 0 Å². The van der Waals surface area contributed by atoms with Crippen LogP contribution in [0.4, 0.5) is 0 Å². The Hall–Kier alpha value is -0.820. The first kappa shape index (κ1) is 7.29. The van der Waals surface area contributed by atoms with Gasteiger partial charge >= 0.3 is 0 Å². The monoisotopic (exact) mass is 135 g/mol. The van der Waals surface area contributed by atoms with E-state index in [-0.39, 0.29) is 0 Å². The zero-order valence-electron chi connectivity index (χ0n) is 6.30. The summed E-state index contributed by atoms with van der Waals surface area (Å²) in [6.45, 7) is 2.75. The quantitative estimate of drug-likeness (QED) is 0.582. The lowest BCUT2D eigenvalue weighted by Crippen LogP contribution is -2.00. The van der Waals surface area contributed by atoms with Crippen LogP contribution >= 0.6 is 0 Å². The van der Waals surface area contributed by atoms with E-state index in [2.05, 4.69) is 31.2 Å². The molecular weight excluding hydrogens is 122 g/mol. The minimum Gasteiger partial charge on any atom is -0.327 e. The Labute approximate surface area is 61.9 Å². The number of hydrogen-bond donors (Lipinski definition) is 1. The molecule has 2 N–H and O–H groups in total. The third-order valence-corrected chi connectivity index (χ3v) is 1.62. The lowest BCUT2D eigenvalue weighted by atomic mass is 10.2. The summed E-state index contributed by atoms with van der Waals surface area (Å²) in [7, 11) is 0. The molecule has 0 saturated carbocycles. The van der Waals surface area contributed by atoms with Gasteiger partial charge in [-0.15, -0.1) is 0 Å². The average Bonchev–Trinajstić information content (AvgIpc) is 2.14. The lowest BCUT2D eigenvalue weighted by molar-refractivity contribution is 1.17. The molecule has 0 amide bonds. The molecule has 1 aliphatic rings. The predicted octanol–water partition coefficient (Wildman–Crippen LogP) is 1.78. The van der Waals surface area contributed by atoms with Gasteiger partial charge < -0.3 is 5.73 Å².